The number of carbonyl (C=O) groups excluding carboxylic acids is 1. The van der Waals surface area contributed by atoms with Gasteiger partial charge in [0, 0.05) is 22.5 Å². The summed E-state index contributed by atoms with van der Waals surface area (Å²) in [6.07, 6.45) is 0.335. The lowest BCUT2D eigenvalue weighted by Gasteiger charge is -2.23. The fourth-order valence-electron chi connectivity index (χ4n) is 2.02. The summed E-state index contributed by atoms with van der Waals surface area (Å²) in [4.78, 5) is 11.5. The fourth-order valence-corrected chi connectivity index (χ4v) is 2.28. The van der Waals surface area contributed by atoms with Gasteiger partial charge in [-0.3, -0.25) is 4.79 Å². The quantitative estimate of drug-likeness (QED) is 0.865. The smallest absolute Gasteiger partial charge is 0.225 e. The molecule has 1 aliphatic heterocycles. The van der Waals surface area contributed by atoms with Crippen LogP contribution in [0.4, 0.5) is 0 Å². The SMILES string of the molecule is CC1=C(C#N)[C@@H](c2ccc(Br)cc2)CC(=O)N1. The maximum Gasteiger partial charge on any atom is 0.225 e. The summed E-state index contributed by atoms with van der Waals surface area (Å²) in [5.41, 5.74) is 2.31. The van der Waals surface area contributed by atoms with Gasteiger partial charge in [0.2, 0.25) is 5.91 Å². The number of benzene rings is 1. The molecule has 1 aliphatic rings. The van der Waals surface area contributed by atoms with Crippen molar-refractivity contribution in [3.05, 3.63) is 45.6 Å². The van der Waals surface area contributed by atoms with Gasteiger partial charge in [0.1, 0.15) is 0 Å². The molecular formula is C13H11BrN2O. The first-order valence-corrected chi connectivity index (χ1v) is 6.07. The van der Waals surface area contributed by atoms with Crippen LogP contribution in [0.15, 0.2) is 40.0 Å². The van der Waals surface area contributed by atoms with Crippen LogP contribution >= 0.6 is 15.9 Å². The molecule has 1 atom stereocenters. The van der Waals surface area contributed by atoms with E-state index in [9.17, 15) is 4.79 Å². The zero-order valence-electron chi connectivity index (χ0n) is 9.33. The fraction of sp³-hybridized carbons (Fsp3) is 0.231. The first-order chi connectivity index (χ1) is 8.11. The molecule has 1 aromatic carbocycles. The van der Waals surface area contributed by atoms with Gasteiger partial charge in [-0.15, -0.1) is 0 Å². The van der Waals surface area contributed by atoms with Crippen LogP contribution in [0, 0.1) is 11.3 Å². The number of nitrogens with one attached hydrogen (secondary N) is 1. The first-order valence-electron chi connectivity index (χ1n) is 5.28. The van der Waals surface area contributed by atoms with Crippen molar-refractivity contribution in [2.75, 3.05) is 0 Å². The summed E-state index contributed by atoms with van der Waals surface area (Å²) in [6, 6.07) is 9.92. The second kappa shape index (κ2) is 4.72. The van der Waals surface area contributed by atoms with Crippen molar-refractivity contribution in [3.8, 4) is 6.07 Å². The first kappa shape index (κ1) is 11.9. The van der Waals surface area contributed by atoms with Gasteiger partial charge < -0.3 is 5.32 Å². The van der Waals surface area contributed by atoms with Crippen LogP contribution in [0.25, 0.3) is 0 Å². The average molecular weight is 291 g/mol. The number of allylic oxidation sites excluding steroid dienone is 2. The highest BCUT2D eigenvalue weighted by Crippen LogP contribution is 2.32. The molecule has 1 heterocycles. The van der Waals surface area contributed by atoms with Crippen LogP contribution < -0.4 is 5.32 Å². The van der Waals surface area contributed by atoms with Crippen molar-refractivity contribution in [2.45, 2.75) is 19.3 Å². The molecule has 1 amide bonds. The van der Waals surface area contributed by atoms with E-state index in [1.165, 1.54) is 0 Å². The average Bonchev–Trinajstić information content (AvgIpc) is 2.29. The topological polar surface area (TPSA) is 52.9 Å². The molecule has 0 unspecified atom stereocenters. The lowest BCUT2D eigenvalue weighted by molar-refractivity contribution is -0.121. The Balaban J connectivity index is 2.43. The Labute approximate surface area is 108 Å². The predicted octanol–water partition coefficient (Wildman–Crippen LogP) is 2.85. The Hall–Kier alpha value is -1.60. The molecular weight excluding hydrogens is 280 g/mol. The number of hydrogen-bond acceptors (Lipinski definition) is 2. The van der Waals surface area contributed by atoms with E-state index < -0.39 is 0 Å². The molecule has 0 radical (unpaired) electrons. The Kier molecular flexibility index (Phi) is 3.30. The Morgan fingerprint density at radius 2 is 2.06 bits per heavy atom. The molecule has 86 valence electrons. The van der Waals surface area contributed by atoms with E-state index in [4.69, 9.17) is 5.26 Å². The molecule has 17 heavy (non-hydrogen) atoms. The second-order valence-electron chi connectivity index (χ2n) is 4.01. The van der Waals surface area contributed by atoms with Crippen LogP contribution in [0.2, 0.25) is 0 Å². The van der Waals surface area contributed by atoms with Crippen molar-refractivity contribution >= 4 is 21.8 Å². The van der Waals surface area contributed by atoms with Gasteiger partial charge in [0.25, 0.3) is 0 Å². The molecule has 0 bridgehead atoms. The highest BCUT2D eigenvalue weighted by atomic mass is 79.9. The third kappa shape index (κ3) is 2.40. The Bertz CT molecular complexity index is 525. The third-order valence-corrected chi connectivity index (χ3v) is 3.39. The van der Waals surface area contributed by atoms with E-state index in [0.717, 1.165) is 10.0 Å². The molecule has 0 saturated heterocycles. The highest BCUT2D eigenvalue weighted by Gasteiger charge is 2.27. The van der Waals surface area contributed by atoms with Crippen molar-refractivity contribution in [2.24, 2.45) is 0 Å². The van der Waals surface area contributed by atoms with Crippen molar-refractivity contribution in [1.82, 2.24) is 5.32 Å². The third-order valence-electron chi connectivity index (χ3n) is 2.86. The molecule has 0 fully saturated rings. The normalized spacial score (nSPS) is 19.8. The number of nitriles is 1. The van der Waals surface area contributed by atoms with E-state index in [1.54, 1.807) is 6.92 Å². The predicted molar refractivity (Wildman–Crippen MR) is 68.0 cm³/mol. The largest absolute Gasteiger partial charge is 0.329 e. The van der Waals surface area contributed by atoms with Crippen LogP contribution in [-0.4, -0.2) is 5.91 Å². The van der Waals surface area contributed by atoms with Crippen LogP contribution in [0.5, 0.6) is 0 Å². The zero-order chi connectivity index (χ0) is 12.4. The standard InChI is InChI=1S/C13H11BrN2O/c1-8-12(7-15)11(6-13(17)16-8)9-2-4-10(14)5-3-9/h2-5,11H,6H2,1H3,(H,16,17)/t11-/m1/s1. The molecule has 0 spiro atoms. The van der Waals surface area contributed by atoms with E-state index in [-0.39, 0.29) is 11.8 Å². The van der Waals surface area contributed by atoms with E-state index in [0.29, 0.717) is 17.7 Å². The molecule has 3 nitrogen and oxygen atoms in total. The number of nitrogens with zero attached hydrogens (tertiary/aromatic N) is 1. The van der Waals surface area contributed by atoms with E-state index in [1.807, 2.05) is 24.3 Å². The van der Waals surface area contributed by atoms with Gasteiger partial charge in [0.15, 0.2) is 0 Å². The lowest BCUT2D eigenvalue weighted by atomic mass is 9.85. The van der Waals surface area contributed by atoms with Gasteiger partial charge in [-0.2, -0.15) is 5.26 Å². The molecule has 4 heteroatoms. The number of rotatable bonds is 1. The number of carbonyl (C=O) groups is 1. The van der Waals surface area contributed by atoms with Crippen LogP contribution in [0.1, 0.15) is 24.8 Å². The molecule has 2 rings (SSSR count). The van der Waals surface area contributed by atoms with E-state index in [2.05, 4.69) is 27.3 Å². The molecule has 1 N–H and O–H groups in total. The zero-order valence-corrected chi connectivity index (χ0v) is 10.9. The Morgan fingerprint density at radius 1 is 1.41 bits per heavy atom. The highest BCUT2D eigenvalue weighted by molar-refractivity contribution is 9.10. The van der Waals surface area contributed by atoms with E-state index >= 15 is 0 Å². The summed E-state index contributed by atoms with van der Waals surface area (Å²) in [7, 11) is 0. The van der Waals surface area contributed by atoms with Gasteiger partial charge in [0.05, 0.1) is 11.6 Å². The molecule has 0 aromatic heterocycles. The number of hydrogen-bond donors (Lipinski definition) is 1. The minimum atomic E-state index is -0.123. The summed E-state index contributed by atoms with van der Waals surface area (Å²) >= 11 is 3.37. The van der Waals surface area contributed by atoms with Gasteiger partial charge in [-0.05, 0) is 24.6 Å². The molecule has 0 aliphatic carbocycles. The maximum absolute atomic E-state index is 11.5. The summed E-state index contributed by atoms with van der Waals surface area (Å²) in [5.74, 6) is -0.156. The Morgan fingerprint density at radius 3 is 2.65 bits per heavy atom. The lowest BCUT2D eigenvalue weighted by Crippen LogP contribution is -2.30. The number of halogens is 1. The second-order valence-corrected chi connectivity index (χ2v) is 4.92. The maximum atomic E-state index is 11.5. The van der Waals surface area contributed by atoms with Crippen LogP contribution in [-0.2, 0) is 4.79 Å². The van der Waals surface area contributed by atoms with Crippen molar-refractivity contribution < 1.29 is 4.79 Å². The minimum Gasteiger partial charge on any atom is -0.329 e. The minimum absolute atomic E-state index is 0.0329. The summed E-state index contributed by atoms with van der Waals surface area (Å²) in [6.45, 7) is 1.77. The monoisotopic (exact) mass is 290 g/mol. The van der Waals surface area contributed by atoms with Gasteiger partial charge >= 0.3 is 0 Å². The van der Waals surface area contributed by atoms with Gasteiger partial charge in [-0.1, -0.05) is 28.1 Å². The molecule has 0 saturated carbocycles. The summed E-state index contributed by atoms with van der Waals surface area (Å²) in [5, 5.41) is 11.9. The van der Waals surface area contributed by atoms with Gasteiger partial charge in [-0.25, -0.2) is 0 Å². The van der Waals surface area contributed by atoms with Crippen molar-refractivity contribution in [1.29, 1.82) is 5.26 Å². The molecule has 1 aromatic rings. The van der Waals surface area contributed by atoms with Crippen molar-refractivity contribution in [3.63, 3.8) is 0 Å². The van der Waals surface area contributed by atoms with Crippen LogP contribution in [0.3, 0.4) is 0 Å². The number of amides is 1. The summed E-state index contributed by atoms with van der Waals surface area (Å²) < 4.78 is 0.987.